The molecule has 7 nitrogen and oxygen atoms in total. The molecule has 0 atom stereocenters. The van der Waals surface area contributed by atoms with Crippen LogP contribution < -0.4 is 11.1 Å². The molecular weight excluding hydrogens is 302 g/mol. The zero-order chi connectivity index (χ0) is 16.5. The molecule has 0 saturated carbocycles. The lowest BCUT2D eigenvalue weighted by molar-refractivity contribution is 1.04. The fourth-order valence-electron chi connectivity index (χ4n) is 2.50. The lowest BCUT2D eigenvalue weighted by Gasteiger charge is -2.08. The van der Waals surface area contributed by atoms with Crippen LogP contribution in [0.1, 0.15) is 5.69 Å². The zero-order valence-corrected chi connectivity index (χ0v) is 13.0. The zero-order valence-electron chi connectivity index (χ0n) is 13.0. The number of aromatic amines is 1. The molecule has 0 radical (unpaired) electrons. The van der Waals surface area contributed by atoms with E-state index in [1.807, 2.05) is 43.3 Å². The second-order valence-electron chi connectivity index (χ2n) is 5.46. The van der Waals surface area contributed by atoms with Gasteiger partial charge in [-0.25, -0.2) is 9.97 Å². The van der Waals surface area contributed by atoms with Crippen LogP contribution in [0.5, 0.6) is 0 Å². The van der Waals surface area contributed by atoms with E-state index in [1.54, 1.807) is 12.4 Å². The maximum absolute atomic E-state index is 6.03. The van der Waals surface area contributed by atoms with E-state index >= 15 is 0 Å². The van der Waals surface area contributed by atoms with Gasteiger partial charge in [-0.2, -0.15) is 5.10 Å². The highest BCUT2D eigenvalue weighted by Gasteiger charge is 2.10. The molecule has 0 saturated heterocycles. The summed E-state index contributed by atoms with van der Waals surface area (Å²) in [5, 5.41) is 11.3. The number of hydrogen-bond acceptors (Lipinski definition) is 6. The summed E-state index contributed by atoms with van der Waals surface area (Å²) in [7, 11) is 0. The number of hydrogen-bond donors (Lipinski definition) is 3. The van der Waals surface area contributed by atoms with Crippen LogP contribution in [-0.4, -0.2) is 25.1 Å². The predicted molar refractivity (Wildman–Crippen MR) is 93.8 cm³/mol. The van der Waals surface area contributed by atoms with Crippen molar-refractivity contribution in [3.8, 4) is 11.4 Å². The van der Waals surface area contributed by atoms with Crippen molar-refractivity contribution in [2.75, 3.05) is 11.1 Å². The molecule has 3 aromatic heterocycles. The number of aryl methyl sites for hydroxylation is 1. The predicted octanol–water partition coefficient (Wildman–Crippen LogP) is 3.05. The first kappa shape index (κ1) is 14.1. The van der Waals surface area contributed by atoms with Gasteiger partial charge >= 0.3 is 0 Å². The Kier molecular flexibility index (Phi) is 3.31. The Labute approximate surface area is 138 Å². The Morgan fingerprint density at radius 1 is 1.12 bits per heavy atom. The third-order valence-electron chi connectivity index (χ3n) is 3.62. The van der Waals surface area contributed by atoms with Crippen LogP contribution in [0, 0.1) is 6.92 Å². The second-order valence-corrected chi connectivity index (χ2v) is 5.46. The van der Waals surface area contributed by atoms with E-state index in [4.69, 9.17) is 5.73 Å². The Morgan fingerprint density at radius 3 is 2.83 bits per heavy atom. The number of nitrogen functional groups attached to an aromatic ring is 1. The molecule has 0 bridgehead atoms. The number of benzene rings is 1. The summed E-state index contributed by atoms with van der Waals surface area (Å²) in [6.45, 7) is 1.92. The number of fused-ring (bicyclic) bond motifs is 1. The van der Waals surface area contributed by atoms with Crippen molar-refractivity contribution in [2.24, 2.45) is 0 Å². The Balaban J connectivity index is 1.63. The lowest BCUT2D eigenvalue weighted by Crippen LogP contribution is -2.02. The molecule has 0 fully saturated rings. The maximum Gasteiger partial charge on any atom is 0.154 e. The quantitative estimate of drug-likeness (QED) is 0.536. The molecule has 0 amide bonds. The summed E-state index contributed by atoms with van der Waals surface area (Å²) in [4.78, 5) is 13.0. The van der Waals surface area contributed by atoms with Gasteiger partial charge in [0.1, 0.15) is 11.4 Å². The van der Waals surface area contributed by atoms with E-state index in [0.29, 0.717) is 23.0 Å². The molecule has 118 valence electrons. The molecule has 7 heteroatoms. The first-order valence-corrected chi connectivity index (χ1v) is 7.46. The van der Waals surface area contributed by atoms with Crippen LogP contribution in [0.15, 0.2) is 48.8 Å². The van der Waals surface area contributed by atoms with Gasteiger partial charge in [0.25, 0.3) is 0 Å². The highest BCUT2D eigenvalue weighted by Crippen LogP contribution is 2.24. The van der Waals surface area contributed by atoms with E-state index in [2.05, 4.69) is 30.5 Å². The molecule has 1 aromatic carbocycles. The van der Waals surface area contributed by atoms with Crippen LogP contribution in [0.2, 0.25) is 0 Å². The molecule has 0 unspecified atom stereocenters. The third-order valence-corrected chi connectivity index (χ3v) is 3.62. The number of pyridine rings is 1. The summed E-state index contributed by atoms with van der Waals surface area (Å²) in [5.74, 6) is 0.903. The van der Waals surface area contributed by atoms with Crippen LogP contribution in [0.4, 0.5) is 17.3 Å². The number of H-pyrrole nitrogens is 1. The number of aromatic nitrogens is 5. The lowest BCUT2D eigenvalue weighted by atomic mass is 10.2. The Morgan fingerprint density at radius 2 is 2.04 bits per heavy atom. The molecule has 3 heterocycles. The highest BCUT2D eigenvalue weighted by molar-refractivity contribution is 5.83. The van der Waals surface area contributed by atoms with Crippen molar-refractivity contribution in [1.29, 1.82) is 0 Å². The standard InChI is InChI=1S/C17H15N7/c1-10-7-14(24-23-10)16-17(18)22-15(9-20-16)21-12-4-5-13-11(8-12)3-2-6-19-13/h2-9H,1H3,(H,23,24)(H3,18,21,22). The summed E-state index contributed by atoms with van der Waals surface area (Å²) in [6.07, 6.45) is 3.42. The minimum atomic E-state index is 0.328. The minimum Gasteiger partial charge on any atom is -0.382 e. The Bertz CT molecular complexity index is 1020. The van der Waals surface area contributed by atoms with Crippen LogP contribution in [-0.2, 0) is 0 Å². The number of nitrogens with zero attached hydrogens (tertiary/aromatic N) is 4. The van der Waals surface area contributed by atoms with Crippen molar-refractivity contribution in [2.45, 2.75) is 6.92 Å². The smallest absolute Gasteiger partial charge is 0.154 e. The van der Waals surface area contributed by atoms with Crippen molar-refractivity contribution in [3.63, 3.8) is 0 Å². The van der Waals surface area contributed by atoms with E-state index in [9.17, 15) is 0 Å². The van der Waals surface area contributed by atoms with Gasteiger partial charge in [0.15, 0.2) is 11.6 Å². The molecule has 0 aliphatic rings. The average Bonchev–Trinajstić information content (AvgIpc) is 3.01. The van der Waals surface area contributed by atoms with Crippen LogP contribution >= 0.6 is 0 Å². The molecule has 4 N–H and O–H groups in total. The SMILES string of the molecule is Cc1cc(-c2ncc(Nc3ccc4ncccc4c3)nc2N)n[nH]1. The monoisotopic (exact) mass is 317 g/mol. The first-order chi connectivity index (χ1) is 11.7. The van der Waals surface area contributed by atoms with Gasteiger partial charge in [-0.1, -0.05) is 6.07 Å². The van der Waals surface area contributed by atoms with Gasteiger partial charge in [-0.3, -0.25) is 10.1 Å². The second kappa shape index (κ2) is 5.62. The van der Waals surface area contributed by atoms with Crippen LogP contribution in [0.3, 0.4) is 0 Å². The normalized spacial score (nSPS) is 10.9. The van der Waals surface area contributed by atoms with Gasteiger partial charge in [0, 0.05) is 23.0 Å². The first-order valence-electron chi connectivity index (χ1n) is 7.46. The van der Waals surface area contributed by atoms with Gasteiger partial charge < -0.3 is 11.1 Å². The topological polar surface area (TPSA) is 105 Å². The average molecular weight is 317 g/mol. The minimum absolute atomic E-state index is 0.328. The summed E-state index contributed by atoms with van der Waals surface area (Å²) < 4.78 is 0. The van der Waals surface area contributed by atoms with E-state index in [0.717, 1.165) is 22.3 Å². The molecule has 0 aliphatic carbocycles. The van der Waals surface area contributed by atoms with E-state index in [1.165, 1.54) is 0 Å². The van der Waals surface area contributed by atoms with Gasteiger partial charge in [-0.15, -0.1) is 0 Å². The van der Waals surface area contributed by atoms with E-state index < -0.39 is 0 Å². The largest absolute Gasteiger partial charge is 0.382 e. The number of rotatable bonds is 3. The highest BCUT2D eigenvalue weighted by atomic mass is 15.1. The van der Waals surface area contributed by atoms with Gasteiger partial charge in [0.2, 0.25) is 0 Å². The van der Waals surface area contributed by atoms with Crippen molar-refractivity contribution < 1.29 is 0 Å². The summed E-state index contributed by atoms with van der Waals surface area (Å²) >= 11 is 0. The third kappa shape index (κ3) is 2.63. The number of nitrogens with two attached hydrogens (primary N) is 1. The molecule has 0 aliphatic heterocycles. The van der Waals surface area contributed by atoms with Gasteiger partial charge in [0.05, 0.1) is 11.7 Å². The van der Waals surface area contributed by atoms with Gasteiger partial charge in [-0.05, 0) is 37.3 Å². The molecule has 0 spiro atoms. The molecule has 24 heavy (non-hydrogen) atoms. The fraction of sp³-hybridized carbons (Fsp3) is 0.0588. The fourth-order valence-corrected chi connectivity index (χ4v) is 2.50. The number of nitrogens with one attached hydrogen (secondary N) is 2. The maximum atomic E-state index is 6.03. The Hall–Kier alpha value is -3.48. The van der Waals surface area contributed by atoms with Crippen molar-refractivity contribution >= 4 is 28.2 Å². The van der Waals surface area contributed by atoms with E-state index in [-0.39, 0.29) is 0 Å². The van der Waals surface area contributed by atoms with Crippen molar-refractivity contribution in [3.05, 3.63) is 54.5 Å². The molecule has 4 rings (SSSR count). The van der Waals surface area contributed by atoms with Crippen LogP contribution in [0.25, 0.3) is 22.3 Å². The number of anilines is 3. The molecular formula is C17H15N7. The summed E-state index contributed by atoms with van der Waals surface area (Å²) in [6, 6.07) is 11.7. The molecule has 4 aromatic rings. The van der Waals surface area contributed by atoms with Crippen molar-refractivity contribution in [1.82, 2.24) is 25.1 Å². The summed E-state index contributed by atoms with van der Waals surface area (Å²) in [5.41, 5.74) is 10.1.